The van der Waals surface area contributed by atoms with Gasteiger partial charge in [-0.25, -0.2) is 4.98 Å². The van der Waals surface area contributed by atoms with E-state index in [-0.39, 0.29) is 23.8 Å². The van der Waals surface area contributed by atoms with Crippen molar-refractivity contribution in [2.75, 3.05) is 41.8 Å². The van der Waals surface area contributed by atoms with Gasteiger partial charge in [-0.15, -0.1) is 0 Å². The zero-order valence-electron chi connectivity index (χ0n) is 17.1. The molecule has 1 saturated heterocycles. The Hall–Kier alpha value is -3.65. The van der Waals surface area contributed by atoms with Crippen LogP contribution in [0.2, 0.25) is 0 Å². The smallest absolute Gasteiger partial charge is 0.271 e. The molecule has 1 aromatic carbocycles. The number of anilines is 3. The SMILES string of the molecule is O=C(Nc1cc(-c2cccc(NCCO)n2)c[nH]c1=O)c1ccc(N2CCCC2)cc1. The zero-order valence-corrected chi connectivity index (χ0v) is 17.1. The minimum Gasteiger partial charge on any atom is -0.395 e. The first kappa shape index (κ1) is 20.6. The number of aromatic amines is 1. The predicted octanol–water partition coefficient (Wildman–Crippen LogP) is 2.69. The Morgan fingerprint density at radius 2 is 1.90 bits per heavy atom. The minimum atomic E-state index is -0.389. The minimum absolute atomic E-state index is 0.000244. The summed E-state index contributed by atoms with van der Waals surface area (Å²) in [6.07, 6.45) is 3.94. The van der Waals surface area contributed by atoms with Crippen LogP contribution in [0.5, 0.6) is 0 Å². The molecule has 160 valence electrons. The van der Waals surface area contributed by atoms with Crippen molar-refractivity contribution in [3.63, 3.8) is 0 Å². The van der Waals surface area contributed by atoms with Gasteiger partial charge in [0, 0.05) is 42.6 Å². The van der Waals surface area contributed by atoms with E-state index in [1.807, 2.05) is 18.2 Å². The monoisotopic (exact) mass is 419 g/mol. The number of hydrogen-bond acceptors (Lipinski definition) is 6. The van der Waals surface area contributed by atoms with Gasteiger partial charge in [-0.3, -0.25) is 9.59 Å². The number of carbonyl (C=O) groups excluding carboxylic acids is 1. The number of pyridine rings is 2. The predicted molar refractivity (Wildman–Crippen MR) is 122 cm³/mol. The number of H-pyrrole nitrogens is 1. The van der Waals surface area contributed by atoms with E-state index in [1.165, 1.54) is 12.8 Å². The van der Waals surface area contributed by atoms with Crippen LogP contribution in [-0.4, -0.2) is 47.2 Å². The molecule has 1 fully saturated rings. The molecule has 0 radical (unpaired) electrons. The van der Waals surface area contributed by atoms with Gasteiger partial charge in [-0.05, 0) is 55.3 Å². The maximum absolute atomic E-state index is 12.7. The van der Waals surface area contributed by atoms with E-state index in [1.54, 1.807) is 36.5 Å². The van der Waals surface area contributed by atoms with Crippen molar-refractivity contribution in [2.45, 2.75) is 12.8 Å². The molecule has 0 bridgehead atoms. The van der Waals surface area contributed by atoms with E-state index in [2.05, 4.69) is 25.5 Å². The van der Waals surface area contributed by atoms with Crippen LogP contribution in [0.15, 0.2) is 59.5 Å². The highest BCUT2D eigenvalue weighted by Gasteiger charge is 2.14. The molecule has 4 N–H and O–H groups in total. The normalized spacial score (nSPS) is 13.3. The fraction of sp³-hybridized carbons (Fsp3) is 0.261. The standard InChI is InChI=1S/C23H25N5O3/c29-13-10-24-21-5-3-4-19(26-21)17-14-20(23(31)25-15-17)27-22(30)16-6-8-18(9-7-16)28-11-1-2-12-28/h3-9,14-15,29H,1-2,10-13H2,(H,24,26)(H,25,31)(H,27,30). The van der Waals surface area contributed by atoms with Gasteiger partial charge in [0.2, 0.25) is 0 Å². The van der Waals surface area contributed by atoms with Crippen molar-refractivity contribution in [2.24, 2.45) is 0 Å². The lowest BCUT2D eigenvalue weighted by Gasteiger charge is -2.17. The summed E-state index contributed by atoms with van der Waals surface area (Å²) in [5.74, 6) is 0.267. The van der Waals surface area contributed by atoms with Gasteiger partial charge < -0.3 is 25.6 Å². The highest BCUT2D eigenvalue weighted by molar-refractivity contribution is 6.04. The molecule has 1 aliphatic rings. The number of nitrogens with zero attached hydrogens (tertiary/aromatic N) is 2. The molecule has 3 aromatic rings. The van der Waals surface area contributed by atoms with Crippen LogP contribution in [0.25, 0.3) is 11.3 Å². The third kappa shape index (κ3) is 4.92. The summed E-state index contributed by atoms with van der Waals surface area (Å²) in [4.78, 5) is 34.4. The Kier molecular flexibility index (Phi) is 6.28. The molecule has 0 atom stereocenters. The van der Waals surface area contributed by atoms with Crippen molar-refractivity contribution in [3.8, 4) is 11.3 Å². The van der Waals surface area contributed by atoms with E-state index in [0.717, 1.165) is 18.8 Å². The maximum atomic E-state index is 12.7. The molecule has 8 nitrogen and oxygen atoms in total. The number of hydrogen-bond donors (Lipinski definition) is 4. The summed E-state index contributed by atoms with van der Waals surface area (Å²) in [7, 11) is 0. The van der Waals surface area contributed by atoms with Gasteiger partial charge in [-0.2, -0.15) is 0 Å². The molecule has 8 heteroatoms. The largest absolute Gasteiger partial charge is 0.395 e. The number of carbonyl (C=O) groups is 1. The van der Waals surface area contributed by atoms with Gasteiger partial charge in [0.05, 0.1) is 12.3 Å². The number of rotatable bonds is 7. The first-order valence-corrected chi connectivity index (χ1v) is 10.4. The van der Waals surface area contributed by atoms with Crippen molar-refractivity contribution < 1.29 is 9.90 Å². The van der Waals surface area contributed by atoms with Crippen molar-refractivity contribution in [3.05, 3.63) is 70.6 Å². The molecule has 0 unspecified atom stereocenters. The van der Waals surface area contributed by atoms with Crippen molar-refractivity contribution in [1.82, 2.24) is 9.97 Å². The van der Waals surface area contributed by atoms with Crippen LogP contribution in [0.3, 0.4) is 0 Å². The Labute approximate surface area is 180 Å². The quantitative estimate of drug-likeness (QED) is 0.469. The second-order valence-corrected chi connectivity index (χ2v) is 7.38. The van der Waals surface area contributed by atoms with Crippen molar-refractivity contribution >= 4 is 23.1 Å². The fourth-order valence-corrected chi connectivity index (χ4v) is 3.60. The number of aliphatic hydroxyl groups excluding tert-OH is 1. The average molecular weight is 419 g/mol. The van der Waals surface area contributed by atoms with E-state index in [0.29, 0.717) is 29.2 Å². The second-order valence-electron chi connectivity index (χ2n) is 7.38. The highest BCUT2D eigenvalue weighted by atomic mass is 16.3. The number of benzene rings is 1. The zero-order chi connectivity index (χ0) is 21.6. The number of nitrogens with one attached hydrogen (secondary N) is 3. The molecule has 1 aliphatic heterocycles. The molecular formula is C23H25N5O3. The molecule has 0 aliphatic carbocycles. The Morgan fingerprint density at radius 1 is 1.13 bits per heavy atom. The number of aliphatic hydroxyl groups is 1. The lowest BCUT2D eigenvalue weighted by Crippen LogP contribution is -2.20. The third-order valence-electron chi connectivity index (χ3n) is 5.21. The molecular weight excluding hydrogens is 394 g/mol. The van der Waals surface area contributed by atoms with Crippen molar-refractivity contribution in [1.29, 1.82) is 0 Å². The summed E-state index contributed by atoms with van der Waals surface area (Å²) in [6, 6.07) is 14.5. The van der Waals surface area contributed by atoms with Gasteiger partial charge in [0.1, 0.15) is 11.5 Å². The maximum Gasteiger partial charge on any atom is 0.271 e. The average Bonchev–Trinajstić information content (AvgIpc) is 3.34. The summed E-state index contributed by atoms with van der Waals surface area (Å²) in [5, 5.41) is 14.7. The summed E-state index contributed by atoms with van der Waals surface area (Å²) in [5.41, 5.74) is 2.65. The first-order chi connectivity index (χ1) is 15.1. The van der Waals surface area contributed by atoms with Crippen LogP contribution in [0.4, 0.5) is 17.2 Å². The number of amides is 1. The van der Waals surface area contributed by atoms with Gasteiger partial charge in [0.25, 0.3) is 11.5 Å². The van der Waals surface area contributed by atoms with Crippen LogP contribution in [-0.2, 0) is 0 Å². The second kappa shape index (κ2) is 9.44. The van der Waals surface area contributed by atoms with Crippen LogP contribution in [0.1, 0.15) is 23.2 Å². The molecule has 2 aromatic heterocycles. The van der Waals surface area contributed by atoms with E-state index < -0.39 is 0 Å². The molecule has 31 heavy (non-hydrogen) atoms. The Morgan fingerprint density at radius 3 is 2.65 bits per heavy atom. The van der Waals surface area contributed by atoms with Gasteiger partial charge >= 0.3 is 0 Å². The fourth-order valence-electron chi connectivity index (χ4n) is 3.60. The molecule has 0 saturated carbocycles. The van der Waals surface area contributed by atoms with Crippen LogP contribution < -0.4 is 21.1 Å². The van der Waals surface area contributed by atoms with Gasteiger partial charge in [0.15, 0.2) is 0 Å². The Balaban J connectivity index is 1.51. The Bertz CT molecular complexity index is 1100. The lowest BCUT2D eigenvalue weighted by molar-refractivity contribution is 0.102. The van der Waals surface area contributed by atoms with Crippen LogP contribution >= 0.6 is 0 Å². The molecule has 3 heterocycles. The van der Waals surface area contributed by atoms with Gasteiger partial charge in [-0.1, -0.05) is 6.07 Å². The van der Waals surface area contributed by atoms with E-state index >= 15 is 0 Å². The lowest BCUT2D eigenvalue weighted by atomic mass is 10.1. The summed E-state index contributed by atoms with van der Waals surface area (Å²) < 4.78 is 0. The molecule has 4 rings (SSSR count). The van der Waals surface area contributed by atoms with Crippen LogP contribution in [0, 0.1) is 0 Å². The summed E-state index contributed by atoms with van der Waals surface area (Å²) >= 11 is 0. The molecule has 1 amide bonds. The van der Waals surface area contributed by atoms with E-state index in [9.17, 15) is 9.59 Å². The summed E-state index contributed by atoms with van der Waals surface area (Å²) in [6.45, 7) is 2.47. The number of aromatic nitrogens is 2. The topological polar surface area (TPSA) is 110 Å². The molecule has 0 spiro atoms. The first-order valence-electron chi connectivity index (χ1n) is 10.4. The van der Waals surface area contributed by atoms with E-state index in [4.69, 9.17) is 5.11 Å². The highest BCUT2D eigenvalue weighted by Crippen LogP contribution is 2.22. The third-order valence-corrected chi connectivity index (χ3v) is 5.21.